The van der Waals surface area contributed by atoms with Crippen molar-refractivity contribution in [2.45, 2.75) is 39.7 Å². The number of likely N-dealkylation sites (N-methyl/N-ethyl adjacent to an activating group) is 1. The molecule has 0 spiro atoms. The summed E-state index contributed by atoms with van der Waals surface area (Å²) in [6.45, 7) is 7.16. The Kier molecular flexibility index (Phi) is 4.43. The minimum Gasteiger partial charge on any atom is -0.464 e. The number of nitrogens with one attached hydrogen (secondary N) is 1. The first-order chi connectivity index (χ1) is 9.13. The zero-order chi connectivity index (χ0) is 13.8. The predicted molar refractivity (Wildman–Crippen MR) is 76.2 cm³/mol. The highest BCUT2D eigenvalue weighted by atomic mass is 16.3. The summed E-state index contributed by atoms with van der Waals surface area (Å²) in [7, 11) is 1.99. The van der Waals surface area contributed by atoms with Crippen molar-refractivity contribution >= 4 is 0 Å². The molecule has 1 atom stereocenters. The van der Waals surface area contributed by atoms with Crippen LogP contribution >= 0.6 is 0 Å². The summed E-state index contributed by atoms with van der Waals surface area (Å²) in [5, 5.41) is 7.88. The maximum absolute atomic E-state index is 5.87. The molecule has 0 aromatic carbocycles. The van der Waals surface area contributed by atoms with Crippen molar-refractivity contribution in [2.75, 3.05) is 6.54 Å². The quantitative estimate of drug-likeness (QED) is 0.869. The molecule has 2 aromatic rings. The summed E-state index contributed by atoms with van der Waals surface area (Å²) in [5.41, 5.74) is 2.28. The lowest BCUT2D eigenvalue weighted by atomic mass is 10.1. The van der Waals surface area contributed by atoms with E-state index in [4.69, 9.17) is 4.42 Å². The van der Waals surface area contributed by atoms with E-state index < -0.39 is 0 Å². The summed E-state index contributed by atoms with van der Waals surface area (Å²) < 4.78 is 7.82. The molecule has 19 heavy (non-hydrogen) atoms. The molecular formula is C15H23N3O. The van der Waals surface area contributed by atoms with E-state index in [0.29, 0.717) is 0 Å². The molecule has 4 heteroatoms. The molecule has 1 N–H and O–H groups in total. The second kappa shape index (κ2) is 6.06. The zero-order valence-electron chi connectivity index (χ0n) is 12.2. The van der Waals surface area contributed by atoms with Crippen molar-refractivity contribution in [3.05, 3.63) is 41.1 Å². The van der Waals surface area contributed by atoms with Crippen molar-refractivity contribution < 1.29 is 4.42 Å². The average Bonchev–Trinajstić information content (AvgIpc) is 2.96. The Hall–Kier alpha value is -1.55. The largest absolute Gasteiger partial charge is 0.464 e. The smallest absolute Gasteiger partial charge is 0.121 e. The Bertz CT molecular complexity index is 527. The first-order valence-electron chi connectivity index (χ1n) is 6.95. The van der Waals surface area contributed by atoms with Crippen molar-refractivity contribution in [3.8, 4) is 0 Å². The van der Waals surface area contributed by atoms with Crippen LogP contribution in [-0.2, 0) is 19.9 Å². The third kappa shape index (κ3) is 3.26. The molecule has 0 radical (unpaired) electrons. The molecule has 1 unspecified atom stereocenters. The fourth-order valence-electron chi connectivity index (χ4n) is 2.36. The fourth-order valence-corrected chi connectivity index (χ4v) is 2.36. The number of furan rings is 1. The molecule has 104 valence electrons. The molecule has 0 saturated heterocycles. The van der Waals surface area contributed by atoms with Crippen LogP contribution in [0.15, 0.2) is 22.6 Å². The van der Waals surface area contributed by atoms with Gasteiger partial charge in [0.25, 0.3) is 0 Å². The van der Waals surface area contributed by atoms with Gasteiger partial charge in [-0.25, -0.2) is 0 Å². The van der Waals surface area contributed by atoms with E-state index in [0.717, 1.165) is 36.6 Å². The van der Waals surface area contributed by atoms with Crippen molar-refractivity contribution in [2.24, 2.45) is 7.05 Å². The second-order valence-corrected chi connectivity index (χ2v) is 4.87. The van der Waals surface area contributed by atoms with Gasteiger partial charge in [-0.15, -0.1) is 0 Å². The first-order valence-corrected chi connectivity index (χ1v) is 6.95. The Morgan fingerprint density at radius 2 is 2.16 bits per heavy atom. The van der Waals surface area contributed by atoms with Crippen LogP contribution < -0.4 is 5.32 Å². The summed E-state index contributed by atoms with van der Waals surface area (Å²) >= 11 is 0. The van der Waals surface area contributed by atoms with Gasteiger partial charge in [-0.3, -0.25) is 4.68 Å². The molecule has 0 fully saturated rings. The lowest BCUT2D eigenvalue weighted by molar-refractivity contribution is 0.392. The van der Waals surface area contributed by atoms with Gasteiger partial charge in [-0.2, -0.15) is 5.10 Å². The SMILES string of the molecule is CCNC(Cc1cc(C)nn1C)c1ccc(CC)o1. The van der Waals surface area contributed by atoms with E-state index in [-0.39, 0.29) is 6.04 Å². The van der Waals surface area contributed by atoms with Gasteiger partial charge in [0, 0.05) is 25.6 Å². The molecular weight excluding hydrogens is 238 g/mol. The van der Waals surface area contributed by atoms with Gasteiger partial charge < -0.3 is 9.73 Å². The molecule has 4 nitrogen and oxygen atoms in total. The number of rotatable bonds is 6. The van der Waals surface area contributed by atoms with E-state index in [1.807, 2.05) is 18.7 Å². The van der Waals surface area contributed by atoms with E-state index in [1.165, 1.54) is 5.69 Å². The molecule has 0 amide bonds. The van der Waals surface area contributed by atoms with Crippen molar-refractivity contribution in [3.63, 3.8) is 0 Å². The highest BCUT2D eigenvalue weighted by Gasteiger charge is 2.17. The minimum absolute atomic E-state index is 0.208. The van der Waals surface area contributed by atoms with Gasteiger partial charge in [-0.1, -0.05) is 13.8 Å². The Balaban J connectivity index is 2.18. The van der Waals surface area contributed by atoms with Crippen LogP contribution in [0.4, 0.5) is 0 Å². The van der Waals surface area contributed by atoms with Gasteiger partial charge in [0.2, 0.25) is 0 Å². The third-order valence-electron chi connectivity index (χ3n) is 3.34. The highest BCUT2D eigenvalue weighted by Crippen LogP contribution is 2.21. The Labute approximate surface area is 114 Å². The van der Waals surface area contributed by atoms with Crippen molar-refractivity contribution in [1.82, 2.24) is 15.1 Å². The number of nitrogens with zero attached hydrogens (tertiary/aromatic N) is 2. The zero-order valence-corrected chi connectivity index (χ0v) is 12.2. The fraction of sp³-hybridized carbons (Fsp3) is 0.533. The normalized spacial score (nSPS) is 12.8. The first kappa shape index (κ1) is 13.9. The van der Waals surface area contributed by atoms with Gasteiger partial charge in [-0.05, 0) is 31.7 Å². The lowest BCUT2D eigenvalue weighted by Gasteiger charge is -2.15. The van der Waals surface area contributed by atoms with Crippen LogP contribution in [-0.4, -0.2) is 16.3 Å². The van der Waals surface area contributed by atoms with E-state index >= 15 is 0 Å². The lowest BCUT2D eigenvalue weighted by Crippen LogP contribution is -2.23. The molecule has 0 aliphatic rings. The van der Waals surface area contributed by atoms with E-state index in [1.54, 1.807) is 0 Å². The van der Waals surface area contributed by atoms with Gasteiger partial charge in [0.15, 0.2) is 0 Å². The highest BCUT2D eigenvalue weighted by molar-refractivity contribution is 5.16. The molecule has 2 aromatic heterocycles. The third-order valence-corrected chi connectivity index (χ3v) is 3.34. The monoisotopic (exact) mass is 261 g/mol. The van der Waals surface area contributed by atoms with Crippen LogP contribution in [0.2, 0.25) is 0 Å². The van der Waals surface area contributed by atoms with Crippen molar-refractivity contribution in [1.29, 1.82) is 0 Å². The maximum Gasteiger partial charge on any atom is 0.121 e. The molecule has 0 aliphatic heterocycles. The molecule has 2 heterocycles. The van der Waals surface area contributed by atoms with Crippen LogP contribution in [0, 0.1) is 6.92 Å². The van der Waals surface area contributed by atoms with Crippen LogP contribution in [0.5, 0.6) is 0 Å². The standard InChI is InChI=1S/C15H23N3O/c1-5-13-7-8-15(19-13)14(16-6-2)10-12-9-11(3)17-18(12)4/h7-9,14,16H,5-6,10H2,1-4H3. The van der Waals surface area contributed by atoms with Gasteiger partial charge in [0.1, 0.15) is 11.5 Å². The molecule has 0 bridgehead atoms. The number of hydrogen-bond donors (Lipinski definition) is 1. The summed E-state index contributed by atoms with van der Waals surface area (Å²) in [5.74, 6) is 2.05. The predicted octanol–water partition coefficient (Wildman–Crippen LogP) is 2.78. The van der Waals surface area contributed by atoms with Gasteiger partial charge >= 0.3 is 0 Å². The molecule has 0 aliphatic carbocycles. The summed E-state index contributed by atoms with van der Waals surface area (Å²) in [4.78, 5) is 0. The van der Waals surface area contributed by atoms with E-state index in [2.05, 4.69) is 42.5 Å². The summed E-state index contributed by atoms with van der Waals surface area (Å²) in [6.07, 6.45) is 1.82. The number of aryl methyl sites for hydroxylation is 3. The Morgan fingerprint density at radius 3 is 2.68 bits per heavy atom. The average molecular weight is 261 g/mol. The number of aromatic nitrogens is 2. The number of hydrogen-bond acceptors (Lipinski definition) is 3. The molecule has 0 saturated carbocycles. The van der Waals surface area contributed by atoms with Crippen LogP contribution in [0.3, 0.4) is 0 Å². The van der Waals surface area contributed by atoms with E-state index in [9.17, 15) is 0 Å². The minimum atomic E-state index is 0.208. The Morgan fingerprint density at radius 1 is 1.37 bits per heavy atom. The summed E-state index contributed by atoms with van der Waals surface area (Å²) in [6, 6.07) is 6.48. The molecule has 2 rings (SSSR count). The van der Waals surface area contributed by atoms with Crippen LogP contribution in [0.1, 0.15) is 42.8 Å². The topological polar surface area (TPSA) is 43.0 Å². The maximum atomic E-state index is 5.87. The van der Waals surface area contributed by atoms with Crippen LogP contribution in [0.25, 0.3) is 0 Å². The van der Waals surface area contributed by atoms with Gasteiger partial charge in [0.05, 0.1) is 11.7 Å². The second-order valence-electron chi connectivity index (χ2n) is 4.87.